The molecule has 2 aromatic carbocycles. The van der Waals surface area contributed by atoms with Crippen LogP contribution in [0.4, 0.5) is 0 Å². The van der Waals surface area contributed by atoms with Gasteiger partial charge >= 0.3 is 0 Å². The van der Waals surface area contributed by atoms with E-state index in [0.29, 0.717) is 5.02 Å². The maximum absolute atomic E-state index is 6.09. The highest BCUT2D eigenvalue weighted by molar-refractivity contribution is 7.24. The predicted molar refractivity (Wildman–Crippen MR) is 112 cm³/mol. The van der Waals surface area contributed by atoms with Crippen molar-refractivity contribution in [2.75, 3.05) is 14.2 Å². The molecule has 7 heteroatoms. The number of para-hydroxylation sites is 1. The molecule has 4 aromatic rings. The third kappa shape index (κ3) is 3.07. The number of nitrogens with zero attached hydrogens (tertiary/aromatic N) is 3. The summed E-state index contributed by atoms with van der Waals surface area (Å²) in [6.07, 6.45) is 3.46. The molecule has 0 fully saturated rings. The molecule has 0 aliphatic rings. The zero-order valence-electron chi connectivity index (χ0n) is 14.7. The molecule has 0 unspecified atom stereocenters. The molecule has 136 valence electrons. The molecule has 0 bridgehead atoms. The monoisotopic (exact) mass is 397 g/mol. The first-order valence-corrected chi connectivity index (χ1v) is 9.39. The second-order valence-electron chi connectivity index (χ2n) is 5.73. The average molecular weight is 398 g/mol. The van der Waals surface area contributed by atoms with Crippen molar-refractivity contribution in [1.29, 1.82) is 0 Å². The van der Waals surface area contributed by atoms with Gasteiger partial charge in [0, 0.05) is 16.1 Å². The molecule has 0 saturated carbocycles. The van der Waals surface area contributed by atoms with Gasteiger partial charge in [-0.2, -0.15) is 0 Å². The number of halogens is 1. The Bertz CT molecular complexity index is 1160. The lowest BCUT2D eigenvalue weighted by atomic mass is 10.0. The Balaban J connectivity index is 2.13. The number of aromatic nitrogens is 1. The summed E-state index contributed by atoms with van der Waals surface area (Å²) >= 11 is 7.78. The van der Waals surface area contributed by atoms with Gasteiger partial charge in [0.05, 0.1) is 28.3 Å². The van der Waals surface area contributed by atoms with E-state index in [0.717, 1.165) is 32.7 Å². The van der Waals surface area contributed by atoms with Gasteiger partial charge < -0.3 is 9.68 Å². The van der Waals surface area contributed by atoms with E-state index in [1.165, 1.54) is 18.9 Å². The van der Waals surface area contributed by atoms with Gasteiger partial charge in [-0.05, 0) is 29.8 Å². The number of rotatable bonds is 5. The summed E-state index contributed by atoms with van der Waals surface area (Å²) in [7, 11) is 3.06. The minimum Gasteiger partial charge on any atom is -0.399 e. The Morgan fingerprint density at radius 2 is 1.67 bits per heavy atom. The largest absolute Gasteiger partial charge is 0.399 e. The van der Waals surface area contributed by atoms with Gasteiger partial charge in [-0.3, -0.25) is 4.40 Å². The van der Waals surface area contributed by atoms with Crippen LogP contribution >= 0.6 is 22.9 Å². The lowest BCUT2D eigenvalue weighted by Crippen LogP contribution is -1.93. The lowest BCUT2D eigenvalue weighted by Gasteiger charge is -2.05. The third-order valence-electron chi connectivity index (χ3n) is 4.21. The average Bonchev–Trinajstić information content (AvgIpc) is 3.20. The van der Waals surface area contributed by atoms with Gasteiger partial charge in [-0.15, -0.1) is 11.3 Å². The third-order valence-corrected chi connectivity index (χ3v) is 5.63. The van der Waals surface area contributed by atoms with Crippen molar-refractivity contribution < 1.29 is 9.68 Å². The van der Waals surface area contributed by atoms with E-state index < -0.39 is 0 Å². The Kier molecular flexibility index (Phi) is 4.83. The van der Waals surface area contributed by atoms with Gasteiger partial charge in [0.25, 0.3) is 0 Å². The van der Waals surface area contributed by atoms with Crippen molar-refractivity contribution >= 4 is 50.4 Å². The fraction of sp³-hybridized carbons (Fsp3) is 0.100. The Hall–Kier alpha value is -2.83. The van der Waals surface area contributed by atoms with E-state index in [9.17, 15) is 0 Å². The number of hydrogen-bond acceptors (Lipinski definition) is 5. The summed E-state index contributed by atoms with van der Waals surface area (Å²) in [6.45, 7) is 0. The first-order valence-electron chi connectivity index (χ1n) is 8.19. The van der Waals surface area contributed by atoms with Crippen molar-refractivity contribution in [3.63, 3.8) is 0 Å². The molecule has 0 aliphatic heterocycles. The second-order valence-corrected chi connectivity index (χ2v) is 7.19. The quantitative estimate of drug-likeness (QED) is 0.333. The van der Waals surface area contributed by atoms with Crippen molar-refractivity contribution in [2.24, 2.45) is 10.3 Å². The van der Waals surface area contributed by atoms with Crippen LogP contribution in [0.1, 0.15) is 11.3 Å². The van der Waals surface area contributed by atoms with Crippen molar-refractivity contribution in [1.82, 2.24) is 4.40 Å². The standard InChI is InChI=1S/C20H16ClN3O2S/c1-25-22-11-15-19(13-7-9-14(21)10-8-13)17(12-23-26-2)24-16-5-3-4-6-18(16)27-20(15)24/h3-12H,1-2H3/b22-11+,23-12+. The van der Waals surface area contributed by atoms with E-state index in [1.54, 1.807) is 23.8 Å². The molecule has 0 radical (unpaired) electrons. The van der Waals surface area contributed by atoms with Gasteiger partial charge in [0.2, 0.25) is 0 Å². The van der Waals surface area contributed by atoms with Crippen LogP contribution < -0.4 is 0 Å². The maximum atomic E-state index is 6.09. The SMILES string of the molecule is CO/N=C/c1c(-c2ccc(Cl)cc2)c(/C=N/OC)n2c1sc1ccccc12. The topological polar surface area (TPSA) is 47.6 Å². The molecule has 0 aliphatic carbocycles. The maximum Gasteiger partial charge on any atom is 0.110 e. The van der Waals surface area contributed by atoms with Crippen LogP contribution in [0.5, 0.6) is 0 Å². The molecular formula is C20H16ClN3O2S. The van der Waals surface area contributed by atoms with Gasteiger partial charge in [-0.1, -0.05) is 46.2 Å². The highest BCUT2D eigenvalue weighted by atomic mass is 35.5. The van der Waals surface area contributed by atoms with E-state index in [2.05, 4.69) is 26.8 Å². The fourth-order valence-electron chi connectivity index (χ4n) is 3.13. The van der Waals surface area contributed by atoms with Crippen LogP contribution in [0.25, 0.3) is 26.2 Å². The predicted octanol–water partition coefficient (Wildman–Crippen LogP) is 5.44. The normalized spacial score (nSPS) is 12.0. The van der Waals surface area contributed by atoms with Crippen LogP contribution in [0, 0.1) is 0 Å². The Labute approximate surface area is 165 Å². The Morgan fingerprint density at radius 3 is 2.41 bits per heavy atom. The smallest absolute Gasteiger partial charge is 0.110 e. The Morgan fingerprint density at radius 1 is 0.963 bits per heavy atom. The summed E-state index contributed by atoms with van der Waals surface area (Å²) in [6, 6.07) is 16.0. The van der Waals surface area contributed by atoms with Gasteiger partial charge in [-0.25, -0.2) is 0 Å². The molecule has 5 nitrogen and oxygen atoms in total. The van der Waals surface area contributed by atoms with Crippen molar-refractivity contribution in [3.05, 3.63) is 64.8 Å². The summed E-state index contributed by atoms with van der Waals surface area (Å²) in [5.41, 5.74) is 4.96. The van der Waals surface area contributed by atoms with E-state index >= 15 is 0 Å². The zero-order chi connectivity index (χ0) is 18.8. The number of hydrogen-bond donors (Lipinski definition) is 0. The first-order chi connectivity index (χ1) is 13.2. The lowest BCUT2D eigenvalue weighted by molar-refractivity contribution is 0.215. The van der Waals surface area contributed by atoms with E-state index in [4.69, 9.17) is 21.3 Å². The molecule has 4 rings (SSSR count). The molecule has 0 atom stereocenters. The van der Waals surface area contributed by atoms with Crippen molar-refractivity contribution in [3.8, 4) is 11.1 Å². The molecular weight excluding hydrogens is 382 g/mol. The molecule has 27 heavy (non-hydrogen) atoms. The van der Waals surface area contributed by atoms with Crippen LogP contribution in [-0.2, 0) is 9.68 Å². The minimum atomic E-state index is 0.685. The van der Waals surface area contributed by atoms with Crippen LogP contribution in [0.2, 0.25) is 5.02 Å². The number of oxime groups is 2. The molecule has 0 saturated heterocycles. The van der Waals surface area contributed by atoms with Crippen LogP contribution in [-0.4, -0.2) is 31.0 Å². The van der Waals surface area contributed by atoms with Gasteiger partial charge in [0.1, 0.15) is 19.0 Å². The molecule has 0 spiro atoms. The highest BCUT2D eigenvalue weighted by Crippen LogP contribution is 2.38. The molecule has 2 aromatic heterocycles. The summed E-state index contributed by atoms with van der Waals surface area (Å²) in [5, 5.41) is 8.74. The van der Waals surface area contributed by atoms with E-state index in [1.807, 2.05) is 36.4 Å². The fourth-order valence-corrected chi connectivity index (χ4v) is 4.43. The number of thiazole rings is 1. The summed E-state index contributed by atoms with van der Waals surface area (Å²) in [5.74, 6) is 0. The van der Waals surface area contributed by atoms with Crippen LogP contribution in [0.15, 0.2) is 58.8 Å². The van der Waals surface area contributed by atoms with Crippen molar-refractivity contribution in [2.45, 2.75) is 0 Å². The first kappa shape index (κ1) is 17.6. The summed E-state index contributed by atoms with van der Waals surface area (Å²) < 4.78 is 3.35. The van der Waals surface area contributed by atoms with Gasteiger partial charge in [0.15, 0.2) is 0 Å². The molecule has 0 amide bonds. The molecule has 0 N–H and O–H groups in total. The van der Waals surface area contributed by atoms with Crippen LogP contribution in [0.3, 0.4) is 0 Å². The number of benzene rings is 2. The van der Waals surface area contributed by atoms with E-state index in [-0.39, 0.29) is 0 Å². The molecule has 2 heterocycles. The minimum absolute atomic E-state index is 0.685. The zero-order valence-corrected chi connectivity index (χ0v) is 16.3. The number of fused-ring (bicyclic) bond motifs is 3. The second kappa shape index (κ2) is 7.42. The summed E-state index contributed by atoms with van der Waals surface area (Å²) in [4.78, 5) is 11.0. The highest BCUT2D eigenvalue weighted by Gasteiger charge is 2.21.